The zero-order valence-electron chi connectivity index (χ0n) is 12.9. The first-order valence-electron chi connectivity index (χ1n) is 6.69. The van der Waals surface area contributed by atoms with Crippen molar-refractivity contribution in [1.29, 1.82) is 0 Å². The van der Waals surface area contributed by atoms with Crippen LogP contribution in [-0.4, -0.2) is 77.9 Å². The highest BCUT2D eigenvalue weighted by Gasteiger charge is 2.28. The SMILES string of the molecule is CC1CN(C(=O)OCCC(C)N(C)C)C1.O=C(O)C(=O)O. The molecular formula is C13H24N2O6. The number of carbonyl (C=O) groups excluding carboxylic acids is 1. The smallest absolute Gasteiger partial charge is 0.414 e. The molecule has 1 saturated heterocycles. The molecule has 0 bridgehead atoms. The van der Waals surface area contributed by atoms with Gasteiger partial charge in [0.15, 0.2) is 0 Å². The van der Waals surface area contributed by atoms with E-state index in [-0.39, 0.29) is 6.09 Å². The third-order valence-corrected chi connectivity index (χ3v) is 3.15. The second-order valence-corrected chi connectivity index (χ2v) is 5.34. The normalized spacial score (nSPS) is 15.6. The number of rotatable bonds is 4. The van der Waals surface area contributed by atoms with E-state index in [0.717, 1.165) is 19.5 Å². The molecule has 8 nitrogen and oxygen atoms in total. The summed E-state index contributed by atoms with van der Waals surface area (Å²) >= 11 is 0. The van der Waals surface area contributed by atoms with Gasteiger partial charge in [-0.3, -0.25) is 0 Å². The fourth-order valence-electron chi connectivity index (χ4n) is 1.51. The van der Waals surface area contributed by atoms with Crippen LogP contribution in [0.15, 0.2) is 0 Å². The van der Waals surface area contributed by atoms with Crippen molar-refractivity contribution >= 4 is 18.0 Å². The van der Waals surface area contributed by atoms with Gasteiger partial charge in [-0.1, -0.05) is 6.92 Å². The van der Waals surface area contributed by atoms with Gasteiger partial charge in [-0.05, 0) is 33.4 Å². The maximum absolute atomic E-state index is 11.4. The Balaban J connectivity index is 0.000000567. The van der Waals surface area contributed by atoms with Crippen LogP contribution in [0.3, 0.4) is 0 Å². The lowest BCUT2D eigenvalue weighted by Gasteiger charge is -2.36. The van der Waals surface area contributed by atoms with Crippen LogP contribution in [0.2, 0.25) is 0 Å². The number of nitrogens with zero attached hydrogens (tertiary/aromatic N) is 2. The lowest BCUT2D eigenvalue weighted by atomic mass is 10.0. The second-order valence-electron chi connectivity index (χ2n) is 5.34. The molecule has 0 aromatic carbocycles. The number of hydrogen-bond acceptors (Lipinski definition) is 5. The van der Waals surface area contributed by atoms with Crippen LogP contribution in [0, 0.1) is 5.92 Å². The fourth-order valence-corrected chi connectivity index (χ4v) is 1.51. The first-order valence-corrected chi connectivity index (χ1v) is 6.69. The quantitative estimate of drug-likeness (QED) is 0.731. The third-order valence-electron chi connectivity index (χ3n) is 3.15. The van der Waals surface area contributed by atoms with Crippen LogP contribution < -0.4 is 0 Å². The van der Waals surface area contributed by atoms with E-state index >= 15 is 0 Å². The van der Waals surface area contributed by atoms with E-state index in [4.69, 9.17) is 24.5 Å². The molecule has 2 N–H and O–H groups in total. The highest BCUT2D eigenvalue weighted by molar-refractivity contribution is 6.27. The number of likely N-dealkylation sites (tertiary alicyclic amines) is 1. The van der Waals surface area contributed by atoms with E-state index in [1.165, 1.54) is 0 Å². The van der Waals surface area contributed by atoms with Gasteiger partial charge in [0, 0.05) is 19.1 Å². The molecule has 0 saturated carbocycles. The molecule has 0 aromatic rings. The van der Waals surface area contributed by atoms with E-state index in [9.17, 15) is 4.79 Å². The number of aliphatic carboxylic acids is 2. The van der Waals surface area contributed by atoms with Crippen molar-refractivity contribution in [2.45, 2.75) is 26.3 Å². The van der Waals surface area contributed by atoms with Crippen LogP contribution in [0.5, 0.6) is 0 Å². The zero-order valence-corrected chi connectivity index (χ0v) is 12.9. The van der Waals surface area contributed by atoms with Crippen molar-refractivity contribution in [3.63, 3.8) is 0 Å². The molecule has 1 heterocycles. The van der Waals surface area contributed by atoms with Crippen LogP contribution in [0.1, 0.15) is 20.3 Å². The predicted octanol–water partition coefficient (Wildman–Crippen LogP) is 0.571. The summed E-state index contributed by atoms with van der Waals surface area (Å²) in [6.45, 7) is 6.48. The summed E-state index contributed by atoms with van der Waals surface area (Å²) in [5.41, 5.74) is 0. The number of carbonyl (C=O) groups is 3. The third kappa shape index (κ3) is 8.13. The van der Waals surface area contributed by atoms with E-state index < -0.39 is 11.9 Å². The van der Waals surface area contributed by atoms with E-state index in [1.807, 2.05) is 14.1 Å². The van der Waals surface area contributed by atoms with Crippen LogP contribution in [0.25, 0.3) is 0 Å². The number of carboxylic acids is 2. The summed E-state index contributed by atoms with van der Waals surface area (Å²) < 4.78 is 5.18. The van der Waals surface area contributed by atoms with Gasteiger partial charge >= 0.3 is 18.0 Å². The van der Waals surface area contributed by atoms with Gasteiger partial charge in [0.25, 0.3) is 0 Å². The zero-order chi connectivity index (χ0) is 16.6. The summed E-state index contributed by atoms with van der Waals surface area (Å²) in [7, 11) is 4.06. The monoisotopic (exact) mass is 304 g/mol. The fraction of sp³-hybridized carbons (Fsp3) is 0.769. The van der Waals surface area contributed by atoms with Crippen molar-refractivity contribution in [2.24, 2.45) is 5.92 Å². The molecular weight excluding hydrogens is 280 g/mol. The Morgan fingerprint density at radius 1 is 1.24 bits per heavy atom. The Bertz CT molecular complexity index is 354. The molecule has 1 rings (SSSR count). The Morgan fingerprint density at radius 3 is 2.05 bits per heavy atom. The largest absolute Gasteiger partial charge is 0.473 e. The van der Waals surface area contributed by atoms with Crippen molar-refractivity contribution in [2.75, 3.05) is 33.8 Å². The van der Waals surface area contributed by atoms with Crippen molar-refractivity contribution < 1.29 is 29.3 Å². The van der Waals surface area contributed by atoms with Crippen molar-refractivity contribution in [3.8, 4) is 0 Å². The minimum Gasteiger partial charge on any atom is -0.473 e. The minimum absolute atomic E-state index is 0.154. The first kappa shape index (κ1) is 19.2. The molecule has 8 heteroatoms. The van der Waals surface area contributed by atoms with Crippen molar-refractivity contribution in [3.05, 3.63) is 0 Å². The lowest BCUT2D eigenvalue weighted by molar-refractivity contribution is -0.159. The first-order chi connectivity index (χ1) is 9.65. The Kier molecular flexibility index (Phi) is 8.37. The standard InChI is InChI=1S/C11H22N2O2.C2H2O4/c1-9-7-13(8-9)11(14)15-6-5-10(2)12(3)4;3-1(4)2(5)6/h9-10H,5-8H2,1-4H3;(H,3,4)(H,5,6). The van der Waals surface area contributed by atoms with Gasteiger partial charge < -0.3 is 24.7 Å². The molecule has 122 valence electrons. The van der Waals surface area contributed by atoms with Gasteiger partial charge in [0.1, 0.15) is 0 Å². The van der Waals surface area contributed by atoms with Crippen LogP contribution in [0.4, 0.5) is 4.79 Å². The summed E-state index contributed by atoms with van der Waals surface area (Å²) in [6.07, 6.45) is 0.737. The number of amides is 1. The number of hydrogen-bond donors (Lipinski definition) is 2. The Hall–Kier alpha value is -1.83. The molecule has 0 aliphatic carbocycles. The summed E-state index contributed by atoms with van der Waals surface area (Å²) in [6, 6.07) is 0.452. The molecule has 21 heavy (non-hydrogen) atoms. The second kappa shape index (κ2) is 9.17. The highest BCUT2D eigenvalue weighted by Crippen LogP contribution is 2.15. The summed E-state index contributed by atoms with van der Waals surface area (Å²) in [5, 5.41) is 14.8. The molecule has 1 amide bonds. The molecule has 1 aliphatic rings. The summed E-state index contributed by atoms with van der Waals surface area (Å²) in [4.78, 5) is 33.5. The average molecular weight is 304 g/mol. The molecule has 0 radical (unpaired) electrons. The molecule has 1 atom stereocenters. The minimum atomic E-state index is -1.82. The Labute approximate surface area is 124 Å². The Morgan fingerprint density at radius 2 is 1.71 bits per heavy atom. The van der Waals surface area contributed by atoms with Gasteiger partial charge in [-0.2, -0.15) is 0 Å². The lowest BCUT2D eigenvalue weighted by Crippen LogP contribution is -2.49. The molecule has 1 fully saturated rings. The topological polar surface area (TPSA) is 107 Å². The molecule has 0 spiro atoms. The van der Waals surface area contributed by atoms with E-state index in [0.29, 0.717) is 18.6 Å². The highest BCUT2D eigenvalue weighted by atomic mass is 16.6. The van der Waals surface area contributed by atoms with Crippen LogP contribution in [-0.2, 0) is 14.3 Å². The maximum atomic E-state index is 11.4. The van der Waals surface area contributed by atoms with Crippen molar-refractivity contribution in [1.82, 2.24) is 9.80 Å². The maximum Gasteiger partial charge on any atom is 0.414 e. The van der Waals surface area contributed by atoms with Gasteiger partial charge in [0.2, 0.25) is 0 Å². The van der Waals surface area contributed by atoms with Gasteiger partial charge in [0.05, 0.1) is 6.61 Å². The number of ether oxygens (including phenoxy) is 1. The average Bonchev–Trinajstić information content (AvgIpc) is 2.35. The molecule has 0 aromatic heterocycles. The van der Waals surface area contributed by atoms with Gasteiger partial charge in [-0.25, -0.2) is 14.4 Å². The van der Waals surface area contributed by atoms with Crippen LogP contribution >= 0.6 is 0 Å². The van der Waals surface area contributed by atoms with Gasteiger partial charge in [-0.15, -0.1) is 0 Å². The van der Waals surface area contributed by atoms with E-state index in [2.05, 4.69) is 18.7 Å². The molecule has 1 aliphatic heterocycles. The predicted molar refractivity (Wildman–Crippen MR) is 75.1 cm³/mol. The molecule has 1 unspecified atom stereocenters. The van der Waals surface area contributed by atoms with E-state index in [1.54, 1.807) is 4.90 Å². The summed E-state index contributed by atoms with van der Waals surface area (Å²) in [5.74, 6) is -3.01. The number of carboxylic acid groups (broad SMARTS) is 2.